The Labute approximate surface area is 206 Å². The molecule has 0 aliphatic carbocycles. The van der Waals surface area contributed by atoms with Crippen LogP contribution in [0.2, 0.25) is 0 Å². The number of fused-ring (bicyclic) bond motifs is 2. The van der Waals surface area contributed by atoms with Gasteiger partial charge in [-0.3, -0.25) is 9.69 Å². The number of imidazole rings is 1. The molecule has 0 radical (unpaired) electrons. The zero-order valence-corrected chi connectivity index (χ0v) is 20.8. The highest BCUT2D eigenvalue weighted by molar-refractivity contribution is 7.91. The number of halogens is 2. The van der Waals surface area contributed by atoms with Crippen LogP contribution in [0.25, 0.3) is 16.8 Å². The van der Waals surface area contributed by atoms with Crippen LogP contribution in [0.3, 0.4) is 0 Å². The molecule has 1 aliphatic heterocycles. The third kappa shape index (κ3) is 3.89. The van der Waals surface area contributed by atoms with E-state index in [1.165, 1.54) is 35.4 Å². The molecule has 1 aliphatic rings. The third-order valence-electron chi connectivity index (χ3n) is 6.21. The number of nitrogens with zero attached hydrogens (tertiary/aromatic N) is 4. The fourth-order valence-electron chi connectivity index (χ4n) is 4.36. The van der Waals surface area contributed by atoms with Gasteiger partial charge in [0.05, 0.1) is 33.3 Å². The smallest absolute Gasteiger partial charge is 0.268 e. The second-order valence-electron chi connectivity index (χ2n) is 8.81. The van der Waals surface area contributed by atoms with Gasteiger partial charge < -0.3 is 9.14 Å². The summed E-state index contributed by atoms with van der Waals surface area (Å²) in [7, 11) is -3.02. The Bertz CT molecular complexity index is 1670. The molecule has 4 heterocycles. The molecule has 3 aromatic heterocycles. The normalized spacial score (nSPS) is 17.1. The molecule has 0 spiro atoms. The summed E-state index contributed by atoms with van der Waals surface area (Å²) in [6.07, 6.45) is 1.98. The van der Waals surface area contributed by atoms with Gasteiger partial charge in [-0.1, -0.05) is 6.07 Å². The Kier molecular flexibility index (Phi) is 5.55. The second kappa shape index (κ2) is 8.37. The minimum absolute atomic E-state index is 0.00601. The first-order valence-corrected chi connectivity index (χ1v) is 13.1. The number of carbonyl (C=O) groups is 1. The molecule has 1 amide bonds. The van der Waals surface area contributed by atoms with Gasteiger partial charge >= 0.3 is 0 Å². The van der Waals surface area contributed by atoms with Crippen LogP contribution in [-0.2, 0) is 21.1 Å². The number of anilines is 1. The van der Waals surface area contributed by atoms with E-state index in [1.807, 2.05) is 0 Å². The number of amides is 1. The number of benzene rings is 1. The zero-order chi connectivity index (χ0) is 25.9. The topological polar surface area (TPSA) is 101 Å². The molecule has 0 fully saturated rings. The molecule has 8 nitrogen and oxygen atoms in total. The predicted molar refractivity (Wildman–Crippen MR) is 131 cm³/mol. The number of pyridine rings is 2. The van der Waals surface area contributed by atoms with Crippen LogP contribution >= 0.6 is 0 Å². The van der Waals surface area contributed by atoms with E-state index >= 15 is 4.39 Å². The van der Waals surface area contributed by atoms with Crippen LogP contribution in [0, 0.1) is 30.3 Å². The molecular weight excluding hydrogens is 488 g/mol. The number of aryl methyl sites for hydroxylation is 2. The largest absolute Gasteiger partial charge is 0.476 e. The summed E-state index contributed by atoms with van der Waals surface area (Å²) in [5.74, 6) is -1.42. The van der Waals surface area contributed by atoms with Crippen LogP contribution in [0.5, 0.6) is 5.75 Å². The number of nitrogens with one attached hydrogen (secondary N) is 1. The fraction of sp³-hybridized carbons (Fsp3) is 0.240. The molecule has 0 bridgehead atoms. The van der Waals surface area contributed by atoms with E-state index in [4.69, 9.17) is 9.52 Å². The molecule has 2 atom stereocenters. The first kappa shape index (κ1) is 23.9. The maximum absolute atomic E-state index is 15.2. The fourth-order valence-corrected chi connectivity index (χ4v) is 5.00. The van der Waals surface area contributed by atoms with Crippen molar-refractivity contribution < 1.29 is 22.5 Å². The molecule has 11 heteroatoms. The van der Waals surface area contributed by atoms with Gasteiger partial charge in [-0.25, -0.2) is 27.7 Å². The van der Waals surface area contributed by atoms with Gasteiger partial charge in [-0.05, 0) is 45.0 Å². The van der Waals surface area contributed by atoms with Crippen molar-refractivity contribution in [2.45, 2.75) is 38.4 Å². The monoisotopic (exact) mass is 511 g/mol. The lowest BCUT2D eigenvalue weighted by Gasteiger charge is -2.33. The summed E-state index contributed by atoms with van der Waals surface area (Å²) in [6, 6.07) is 8.74. The van der Waals surface area contributed by atoms with Gasteiger partial charge in [-0.2, -0.15) is 0 Å². The van der Waals surface area contributed by atoms with Crippen LogP contribution in [0.1, 0.15) is 24.0 Å². The average molecular weight is 512 g/mol. The molecule has 1 aromatic carbocycles. The van der Waals surface area contributed by atoms with Gasteiger partial charge in [-0.15, -0.1) is 0 Å². The van der Waals surface area contributed by atoms with E-state index in [1.54, 1.807) is 43.5 Å². The van der Waals surface area contributed by atoms with Crippen molar-refractivity contribution in [3.05, 3.63) is 71.3 Å². The lowest BCUT2D eigenvalue weighted by atomic mass is 10.1. The average Bonchev–Trinajstić information content (AvgIpc) is 3.10. The first-order chi connectivity index (χ1) is 17.0. The Morgan fingerprint density at radius 1 is 1.08 bits per heavy atom. The van der Waals surface area contributed by atoms with Crippen molar-refractivity contribution >= 4 is 27.0 Å². The highest BCUT2D eigenvalue weighted by Crippen LogP contribution is 2.37. The van der Waals surface area contributed by atoms with Crippen LogP contribution < -0.4 is 9.64 Å². The Morgan fingerprint density at radius 3 is 2.53 bits per heavy atom. The number of hydrogen-bond donors (Lipinski definition) is 1. The minimum Gasteiger partial charge on any atom is -0.476 e. The number of aromatic nitrogens is 3. The van der Waals surface area contributed by atoms with Gasteiger partial charge in [0.25, 0.3) is 5.91 Å². The third-order valence-corrected chi connectivity index (χ3v) is 7.24. The SMILES string of the molecule is Cc1nc(S(C)(=N)=O)ccc1-c1cn2c(CN3C(=O)[C@@H](C)Oc4c(F)cccc43)c(C)nc2cc1F. The summed E-state index contributed by atoms with van der Waals surface area (Å²) < 4.78 is 56.6. The highest BCUT2D eigenvalue weighted by atomic mass is 32.2. The molecule has 36 heavy (non-hydrogen) atoms. The molecule has 186 valence electrons. The predicted octanol–water partition coefficient (Wildman–Crippen LogP) is 4.64. The number of rotatable bonds is 4. The number of ether oxygens (including phenoxy) is 1. The van der Waals surface area contributed by atoms with Crippen molar-refractivity contribution in [3.8, 4) is 16.9 Å². The molecule has 0 saturated heterocycles. The molecule has 1 unspecified atom stereocenters. The minimum atomic E-state index is -3.02. The second-order valence-corrected chi connectivity index (χ2v) is 10.9. The highest BCUT2D eigenvalue weighted by Gasteiger charge is 2.34. The van der Waals surface area contributed by atoms with E-state index in [0.717, 1.165) is 0 Å². The molecular formula is C25H23F2N5O3S. The van der Waals surface area contributed by atoms with E-state index in [9.17, 15) is 13.4 Å². The first-order valence-electron chi connectivity index (χ1n) is 11.1. The Hall–Kier alpha value is -3.86. The van der Waals surface area contributed by atoms with Crippen molar-refractivity contribution in [3.63, 3.8) is 0 Å². The maximum Gasteiger partial charge on any atom is 0.268 e. The number of para-hydroxylation sites is 1. The summed E-state index contributed by atoms with van der Waals surface area (Å²) >= 11 is 0. The van der Waals surface area contributed by atoms with Crippen molar-refractivity contribution in [1.82, 2.24) is 14.4 Å². The van der Waals surface area contributed by atoms with Crippen molar-refractivity contribution in [1.29, 1.82) is 4.78 Å². The lowest BCUT2D eigenvalue weighted by molar-refractivity contribution is -0.125. The van der Waals surface area contributed by atoms with Crippen LogP contribution in [0.4, 0.5) is 14.5 Å². The molecule has 1 N–H and O–H groups in total. The van der Waals surface area contributed by atoms with Crippen molar-refractivity contribution in [2.24, 2.45) is 0 Å². The summed E-state index contributed by atoms with van der Waals surface area (Å²) in [6.45, 7) is 5.04. The number of carbonyl (C=O) groups excluding carboxylic acids is 1. The van der Waals surface area contributed by atoms with Crippen LogP contribution in [0.15, 0.2) is 47.6 Å². The molecule has 0 saturated carbocycles. The van der Waals surface area contributed by atoms with E-state index in [0.29, 0.717) is 34.0 Å². The van der Waals surface area contributed by atoms with E-state index < -0.39 is 27.5 Å². The summed E-state index contributed by atoms with van der Waals surface area (Å²) in [5, 5.41) is 0.121. The standard InChI is InChI=1S/C25H23F2N5O3S/c1-13-16(8-9-23(30-13)36(4,28)34)17-11-31-21(14(2)29-22(31)10-19(17)27)12-32-20-7-5-6-18(26)24(20)35-15(3)25(32)33/h5-11,15,28H,12H2,1-4H3/t15-,36?/m1/s1. The lowest BCUT2D eigenvalue weighted by Crippen LogP contribution is -2.44. The van der Waals surface area contributed by atoms with Gasteiger partial charge in [0.1, 0.15) is 16.5 Å². The summed E-state index contributed by atoms with van der Waals surface area (Å²) in [4.78, 5) is 23.2. The quantitative estimate of drug-likeness (QED) is 0.430. The van der Waals surface area contributed by atoms with Crippen molar-refractivity contribution in [2.75, 3.05) is 11.2 Å². The van der Waals surface area contributed by atoms with Gasteiger partial charge in [0.2, 0.25) is 0 Å². The van der Waals surface area contributed by atoms with E-state index in [-0.39, 0.29) is 28.8 Å². The van der Waals surface area contributed by atoms with Gasteiger partial charge in [0, 0.05) is 35.3 Å². The van der Waals surface area contributed by atoms with Gasteiger partial charge in [0.15, 0.2) is 17.7 Å². The number of hydrogen-bond acceptors (Lipinski definition) is 6. The Balaban J connectivity index is 1.63. The maximum atomic E-state index is 15.2. The molecule has 4 aromatic rings. The Morgan fingerprint density at radius 2 is 1.83 bits per heavy atom. The zero-order valence-electron chi connectivity index (χ0n) is 20.0. The van der Waals surface area contributed by atoms with Crippen LogP contribution in [-0.4, -0.2) is 36.8 Å². The van der Waals surface area contributed by atoms with E-state index in [2.05, 4.69) is 9.97 Å². The molecule has 5 rings (SSSR count). The summed E-state index contributed by atoms with van der Waals surface area (Å²) in [5.41, 5.74) is 3.00.